The van der Waals surface area contributed by atoms with Crippen LogP contribution in [0.4, 0.5) is 5.69 Å². The number of benzene rings is 7. The van der Waals surface area contributed by atoms with Crippen LogP contribution in [-0.2, 0) is 0 Å². The molecule has 0 fully saturated rings. The second kappa shape index (κ2) is 12.5. The van der Waals surface area contributed by atoms with E-state index in [0.717, 1.165) is 45.0 Å². The molecule has 1 aromatic heterocycles. The van der Waals surface area contributed by atoms with Gasteiger partial charge in [-0.05, 0) is 56.8 Å². The molecule has 4 nitrogen and oxygen atoms in total. The molecule has 0 aliphatic carbocycles. The summed E-state index contributed by atoms with van der Waals surface area (Å²) in [4.78, 5) is 9.93. The van der Waals surface area contributed by atoms with Gasteiger partial charge in [0.2, 0.25) is 0 Å². The molecule has 10 rings (SSSR count). The lowest BCUT2D eigenvalue weighted by Crippen LogP contribution is -2.33. The predicted molar refractivity (Wildman–Crippen MR) is 219 cm³/mol. The van der Waals surface area contributed by atoms with Crippen molar-refractivity contribution in [1.29, 1.82) is 0 Å². The zero-order valence-corrected chi connectivity index (χ0v) is 29.6. The summed E-state index contributed by atoms with van der Waals surface area (Å²) in [7, 11) is 4.33. The van der Waals surface area contributed by atoms with Gasteiger partial charge in [-0.25, -0.2) is 4.99 Å². The lowest BCUT2D eigenvalue weighted by molar-refractivity contribution is 0.435. The molecular formula is C49H37N3O. The van der Waals surface area contributed by atoms with Crippen molar-refractivity contribution in [2.45, 2.75) is 12.1 Å². The summed E-state index contributed by atoms with van der Waals surface area (Å²) >= 11 is 0. The van der Waals surface area contributed by atoms with Crippen molar-refractivity contribution < 1.29 is 4.42 Å². The van der Waals surface area contributed by atoms with Crippen LogP contribution in [0.25, 0.3) is 49.7 Å². The number of anilines is 1. The number of furan rings is 1. The summed E-state index contributed by atoms with van der Waals surface area (Å²) < 4.78 is 6.86. The van der Waals surface area contributed by atoms with Crippen LogP contribution in [0.5, 0.6) is 0 Å². The first kappa shape index (κ1) is 31.1. The lowest BCUT2D eigenvalue weighted by Gasteiger charge is -2.37. The molecule has 0 radical (unpaired) electrons. The number of hydrogen-bond donors (Lipinski definition) is 0. The van der Waals surface area contributed by atoms with E-state index in [2.05, 4.69) is 200 Å². The van der Waals surface area contributed by atoms with Gasteiger partial charge in [0.25, 0.3) is 0 Å². The van der Waals surface area contributed by atoms with Gasteiger partial charge in [-0.1, -0.05) is 158 Å². The van der Waals surface area contributed by atoms with Crippen molar-refractivity contribution in [2.24, 2.45) is 4.99 Å². The van der Waals surface area contributed by atoms with Gasteiger partial charge in [0, 0.05) is 41.9 Å². The number of para-hydroxylation sites is 1. The van der Waals surface area contributed by atoms with Crippen LogP contribution < -0.4 is 4.90 Å². The summed E-state index contributed by atoms with van der Waals surface area (Å²) in [6.07, 6.45) is 2.29. The predicted octanol–water partition coefficient (Wildman–Crippen LogP) is 11.9. The van der Waals surface area contributed by atoms with E-state index in [4.69, 9.17) is 9.41 Å². The van der Waals surface area contributed by atoms with E-state index >= 15 is 0 Å². The van der Waals surface area contributed by atoms with E-state index in [9.17, 15) is 0 Å². The first-order valence-corrected chi connectivity index (χ1v) is 18.2. The molecule has 254 valence electrons. The molecule has 53 heavy (non-hydrogen) atoms. The number of hydrogen-bond acceptors (Lipinski definition) is 4. The number of aliphatic imine (C=N–C) groups is 1. The summed E-state index contributed by atoms with van der Waals surface area (Å²) in [6.45, 7) is 0. The smallest absolute Gasteiger partial charge is 0.140 e. The maximum atomic E-state index is 6.86. The van der Waals surface area contributed by atoms with Gasteiger partial charge in [-0.3, -0.25) is 0 Å². The number of likely N-dealkylation sites (N-methyl/N-ethyl adjacent to an activating group) is 1. The molecule has 2 aliphatic heterocycles. The fourth-order valence-electron chi connectivity index (χ4n) is 8.44. The maximum absolute atomic E-state index is 6.86. The van der Waals surface area contributed by atoms with Crippen LogP contribution in [0.1, 0.15) is 40.1 Å². The van der Waals surface area contributed by atoms with Crippen LogP contribution in [0, 0.1) is 0 Å². The van der Waals surface area contributed by atoms with Crippen molar-refractivity contribution in [1.82, 2.24) is 4.90 Å². The zero-order valence-electron chi connectivity index (χ0n) is 29.6. The Morgan fingerprint density at radius 2 is 1.19 bits per heavy atom. The van der Waals surface area contributed by atoms with Crippen molar-refractivity contribution in [3.8, 4) is 22.3 Å². The average Bonchev–Trinajstić information content (AvgIpc) is 3.61. The van der Waals surface area contributed by atoms with Gasteiger partial charge in [-0.15, -0.1) is 0 Å². The van der Waals surface area contributed by atoms with E-state index in [-0.39, 0.29) is 12.1 Å². The third-order valence-electron chi connectivity index (χ3n) is 11.0. The van der Waals surface area contributed by atoms with E-state index in [1.165, 1.54) is 44.3 Å². The first-order chi connectivity index (χ1) is 26.1. The minimum Gasteiger partial charge on any atom is -0.458 e. The van der Waals surface area contributed by atoms with E-state index in [0.29, 0.717) is 0 Å². The van der Waals surface area contributed by atoms with Gasteiger partial charge >= 0.3 is 0 Å². The molecule has 0 bridgehead atoms. The maximum Gasteiger partial charge on any atom is 0.140 e. The Bertz CT molecular complexity index is 2700. The van der Waals surface area contributed by atoms with Gasteiger partial charge in [0.1, 0.15) is 23.2 Å². The molecule has 0 N–H and O–H groups in total. The topological polar surface area (TPSA) is 32.0 Å². The monoisotopic (exact) mass is 683 g/mol. The van der Waals surface area contributed by atoms with Gasteiger partial charge < -0.3 is 14.2 Å². The Morgan fingerprint density at radius 1 is 0.528 bits per heavy atom. The second-order valence-corrected chi connectivity index (χ2v) is 14.0. The van der Waals surface area contributed by atoms with Crippen LogP contribution >= 0.6 is 0 Å². The first-order valence-electron chi connectivity index (χ1n) is 18.2. The van der Waals surface area contributed by atoms with E-state index in [1.54, 1.807) is 0 Å². The third-order valence-corrected chi connectivity index (χ3v) is 11.0. The number of fused-ring (bicyclic) bond motifs is 6. The third kappa shape index (κ3) is 5.09. The molecule has 0 saturated heterocycles. The average molecular weight is 684 g/mol. The summed E-state index contributed by atoms with van der Waals surface area (Å²) in [5.74, 6) is 1.94. The summed E-state index contributed by atoms with van der Waals surface area (Å²) in [6, 6.07) is 60.5. The second-order valence-electron chi connectivity index (χ2n) is 14.0. The standard InChI is InChI=1S/C49H37N3O/c1-51-42-25-14-23-38(45(42)46-40-22-11-12-26-44(40)53-48(46)47(51)39-24-13-20-32-15-9-10-21-37(32)39)33-27-29-34(30-28-33)41-31-43(35-16-5-3-6-17-35)52(2)49(50-41)36-18-7-4-8-19-36/h3-31,43,47H,1-2H3. The van der Waals surface area contributed by atoms with Crippen molar-refractivity contribution in [3.05, 3.63) is 204 Å². The number of amidine groups is 1. The molecular weight excluding hydrogens is 647 g/mol. The quantitative estimate of drug-likeness (QED) is 0.181. The van der Waals surface area contributed by atoms with Crippen molar-refractivity contribution in [3.63, 3.8) is 0 Å². The van der Waals surface area contributed by atoms with Crippen LogP contribution in [-0.4, -0.2) is 24.8 Å². The van der Waals surface area contributed by atoms with Gasteiger partial charge in [0.05, 0.1) is 11.7 Å². The van der Waals surface area contributed by atoms with Crippen molar-refractivity contribution in [2.75, 3.05) is 19.0 Å². The Labute approximate surface area is 309 Å². The molecule has 2 unspecified atom stereocenters. The molecule has 3 heterocycles. The SMILES string of the molecule is CN1C(c2ccccc2)=NC(c2ccc(-c3cccc4c3-c3c(oc5ccccc35)C(c3cccc5ccccc35)N4C)cc2)=CC1c1ccccc1. The molecule has 4 heteroatoms. The van der Waals surface area contributed by atoms with Crippen LogP contribution in [0.15, 0.2) is 185 Å². The molecule has 0 spiro atoms. The fraction of sp³-hybridized carbons (Fsp3) is 0.0816. The summed E-state index contributed by atoms with van der Waals surface area (Å²) in [5, 5.41) is 3.60. The Kier molecular flexibility index (Phi) is 7.36. The Morgan fingerprint density at radius 3 is 2.00 bits per heavy atom. The molecule has 0 saturated carbocycles. The minimum absolute atomic E-state index is 0.0535. The minimum atomic E-state index is -0.0840. The highest BCUT2D eigenvalue weighted by molar-refractivity contribution is 6.07. The van der Waals surface area contributed by atoms with E-state index in [1.807, 2.05) is 0 Å². The van der Waals surface area contributed by atoms with Gasteiger partial charge in [0.15, 0.2) is 0 Å². The molecule has 0 amide bonds. The normalized spacial score (nSPS) is 16.6. The summed E-state index contributed by atoms with van der Waals surface area (Å²) in [5.41, 5.74) is 12.4. The Hall–Kier alpha value is -6.65. The molecule has 2 aliphatic rings. The highest BCUT2D eigenvalue weighted by atomic mass is 16.3. The largest absolute Gasteiger partial charge is 0.458 e. The van der Waals surface area contributed by atoms with E-state index < -0.39 is 0 Å². The van der Waals surface area contributed by atoms with Crippen LogP contribution in [0.2, 0.25) is 0 Å². The van der Waals surface area contributed by atoms with Crippen LogP contribution in [0.3, 0.4) is 0 Å². The zero-order chi connectivity index (χ0) is 35.5. The van der Waals surface area contributed by atoms with Gasteiger partial charge in [-0.2, -0.15) is 0 Å². The number of nitrogens with zero attached hydrogens (tertiary/aromatic N) is 3. The highest BCUT2D eigenvalue weighted by Crippen LogP contribution is 2.54. The number of rotatable bonds is 5. The molecule has 8 aromatic rings. The molecule has 2 atom stereocenters. The fourth-order valence-corrected chi connectivity index (χ4v) is 8.44. The Balaban J connectivity index is 1.10. The highest BCUT2D eigenvalue weighted by Gasteiger charge is 2.37. The molecule has 7 aromatic carbocycles. The lowest BCUT2D eigenvalue weighted by atomic mass is 9.83. The van der Waals surface area contributed by atoms with Crippen molar-refractivity contribution >= 4 is 39.0 Å².